The molecule has 522 valence electrons. The molecule has 7 aromatic rings. The number of hydrogen-bond donors (Lipinski definition) is 0. The molecule has 0 saturated heterocycles. The van der Waals surface area contributed by atoms with Crippen LogP contribution < -0.4 is 9.47 Å². The number of ether oxygens (including phenoxy) is 2. The molecule has 0 amide bonds. The topological polar surface area (TPSA) is 109 Å². The fourth-order valence-electron chi connectivity index (χ4n) is 16.4. The highest BCUT2D eigenvalue weighted by Gasteiger charge is 2.52. The van der Waals surface area contributed by atoms with E-state index in [1.54, 1.807) is 34.8 Å². The van der Waals surface area contributed by atoms with Crippen LogP contribution in [0.25, 0.3) is 72.7 Å². The van der Waals surface area contributed by atoms with Crippen LogP contribution in [0.15, 0.2) is 71.1 Å². The van der Waals surface area contributed by atoms with Crippen LogP contribution in [-0.4, -0.2) is 24.8 Å². The number of nitrogens with zero attached hydrogens (tertiary/aromatic N) is 4. The number of carbonyl (C=O) groups is 2. The van der Waals surface area contributed by atoms with Gasteiger partial charge in [0.25, 0.3) is 11.4 Å². The number of unbranched alkanes of at least 4 members (excludes halogenated alkanes) is 22. The minimum absolute atomic E-state index is 0.0722. The molecule has 0 bridgehead atoms. The molecular weight excluding hydrogens is 1350 g/mol. The Morgan fingerprint density at radius 2 is 0.810 bits per heavy atom. The molecule has 0 saturated carbocycles. The zero-order valence-electron chi connectivity index (χ0n) is 59.6. The number of rotatable bonds is 38. The summed E-state index contributed by atoms with van der Waals surface area (Å²) in [4.78, 5) is 43.7. The van der Waals surface area contributed by atoms with Gasteiger partial charge >= 0.3 is 0 Å². The Hall–Kier alpha value is -6.58. The number of fused-ring (bicyclic) bond motifs is 12. The van der Waals surface area contributed by atoms with E-state index >= 15 is 0 Å². The first kappa shape index (κ1) is 74.6. The predicted octanol–water partition coefficient (Wildman–Crippen LogP) is 28.3. The normalized spacial score (nSPS) is 16.2. The van der Waals surface area contributed by atoms with Gasteiger partial charge in [0.2, 0.25) is 0 Å². The molecule has 4 heterocycles. The van der Waals surface area contributed by atoms with Crippen molar-refractivity contribution < 1.29 is 19.1 Å². The quantitative estimate of drug-likeness (QED) is 0.0165. The number of thiophene rings is 4. The smallest absolute Gasteiger partial charge is 0.270 e. The summed E-state index contributed by atoms with van der Waals surface area (Å²) in [5, 5.41) is 23.9. The number of allylic oxidation sites excluding steroid dienone is 6. The Balaban J connectivity index is 1.22. The minimum Gasteiger partial charge on any atom is -0.491 e. The number of Topliss-reactive ketones (excluding diaryl/α,β-unsaturated/α-hetero) is 2. The van der Waals surface area contributed by atoms with Gasteiger partial charge in [0.05, 0.1) is 67.7 Å². The lowest BCUT2D eigenvalue weighted by Crippen LogP contribution is -2.26. The maximum absolute atomic E-state index is 14.8. The second-order valence-corrected chi connectivity index (χ2v) is 33.2. The molecule has 4 aliphatic rings. The third kappa shape index (κ3) is 14.6. The summed E-state index contributed by atoms with van der Waals surface area (Å²) in [7, 11) is 0. The highest BCUT2D eigenvalue weighted by molar-refractivity contribution is 7.29. The molecule has 100 heavy (non-hydrogen) atoms. The van der Waals surface area contributed by atoms with Crippen molar-refractivity contribution in [2.45, 2.75) is 258 Å². The van der Waals surface area contributed by atoms with E-state index in [1.165, 1.54) is 104 Å². The number of carbonyl (C=O) groups excluding carboxylic acids is 2. The predicted molar refractivity (Wildman–Crippen MR) is 424 cm³/mol. The molecule has 4 aromatic heterocycles. The highest BCUT2D eigenvalue weighted by atomic mass is 35.5. The van der Waals surface area contributed by atoms with E-state index in [0.29, 0.717) is 57.8 Å². The third-order valence-electron chi connectivity index (χ3n) is 21.4. The molecule has 14 heteroatoms. The molecule has 11 rings (SSSR count). The van der Waals surface area contributed by atoms with Gasteiger partial charge in [-0.2, -0.15) is 0 Å². The van der Waals surface area contributed by atoms with Gasteiger partial charge in [0, 0.05) is 74.5 Å². The summed E-state index contributed by atoms with van der Waals surface area (Å²) in [6.07, 6.45) is 39.0. The van der Waals surface area contributed by atoms with Crippen LogP contribution in [0.3, 0.4) is 0 Å². The number of ketones is 2. The lowest BCUT2D eigenvalue weighted by Gasteiger charge is -2.33. The first-order valence-corrected chi connectivity index (χ1v) is 41.7. The van der Waals surface area contributed by atoms with Crippen molar-refractivity contribution in [2.24, 2.45) is 0 Å². The van der Waals surface area contributed by atoms with Crippen LogP contribution in [0.2, 0.25) is 10.0 Å². The summed E-state index contributed by atoms with van der Waals surface area (Å²) in [5.41, 5.74) is 7.67. The molecule has 0 N–H and O–H groups in total. The van der Waals surface area contributed by atoms with Crippen LogP contribution in [0, 0.1) is 35.8 Å². The summed E-state index contributed by atoms with van der Waals surface area (Å²) >= 11 is 20.5. The Kier molecular flexibility index (Phi) is 25.8. The van der Waals surface area contributed by atoms with Crippen molar-refractivity contribution in [3.63, 3.8) is 0 Å². The highest BCUT2D eigenvalue weighted by Crippen LogP contribution is 2.70. The fraction of sp³-hybridized carbons (Fsp3) is 0.488. The second kappa shape index (κ2) is 34.6. The summed E-state index contributed by atoms with van der Waals surface area (Å²) in [6.45, 7) is 31.2. The van der Waals surface area contributed by atoms with E-state index in [-0.39, 0.29) is 33.0 Å². The zero-order chi connectivity index (χ0) is 70.5. The Labute approximate surface area is 620 Å². The molecule has 8 nitrogen and oxygen atoms in total. The Morgan fingerprint density at radius 3 is 1.20 bits per heavy atom. The SMILES string of the molecule is [C-]#[N+]/C(C#N)=C1\C(=C\c2cc3c(s2)-c2sc4c(OCCCCCCCC)c5c6c(sc5c(OCCCCCCCC)c4c2C3(CCCCCC)CCCCCC)-c2sc(/C=C3\C(=O)c4cc(Cl)c(Cl)cc4\C3=C(\C#N)[N+]#[C-])cc2C6(CCCCCC)CCCCCC)C(=O)c2ccccc21. The van der Waals surface area contributed by atoms with E-state index in [9.17, 15) is 20.1 Å². The van der Waals surface area contributed by atoms with Crippen molar-refractivity contribution in [2.75, 3.05) is 13.2 Å². The molecule has 4 aliphatic carbocycles. The first-order valence-electron chi connectivity index (χ1n) is 37.7. The van der Waals surface area contributed by atoms with Gasteiger partial charge < -0.3 is 9.47 Å². The summed E-state index contributed by atoms with van der Waals surface area (Å²) in [5.74, 6) is 1.52. The fourth-order valence-corrected chi connectivity index (χ4v) is 22.3. The molecule has 0 fully saturated rings. The van der Waals surface area contributed by atoms with Crippen LogP contribution in [0.4, 0.5) is 0 Å². The number of benzene rings is 3. The molecule has 3 aromatic carbocycles. The van der Waals surface area contributed by atoms with Gasteiger partial charge in [-0.1, -0.05) is 256 Å². The summed E-state index contributed by atoms with van der Waals surface area (Å²) in [6, 6.07) is 19.6. The Bertz CT molecular complexity index is 4440. The monoisotopic (exact) mass is 1450 g/mol. The molecule has 0 spiro atoms. The van der Waals surface area contributed by atoms with Crippen molar-refractivity contribution in [1.82, 2.24) is 0 Å². The average Bonchev–Trinajstić information content (AvgIpc) is 1.50. The van der Waals surface area contributed by atoms with Gasteiger partial charge in [-0.3, -0.25) is 9.59 Å². The third-order valence-corrected chi connectivity index (χ3v) is 27.0. The minimum atomic E-state index is -0.425. The number of nitriles is 2. The number of hydrogen-bond acceptors (Lipinski definition) is 10. The maximum atomic E-state index is 14.8. The van der Waals surface area contributed by atoms with Crippen molar-refractivity contribution in [1.29, 1.82) is 10.5 Å². The van der Waals surface area contributed by atoms with Gasteiger partial charge in [0.1, 0.15) is 11.5 Å². The zero-order valence-corrected chi connectivity index (χ0v) is 64.4. The standard InChI is InChI=1S/C86H96Cl2N4O4S4/c1-9-15-21-27-29-37-45-95-77-71-73-83(79-63(85(73,41-33-23-17-11-3)42-34-24-18-12-4)49-55(97-79)47-61-69(67(53-89)91-7)57-39-31-32-40-58(57)75(61)93)99-81(71)78(96-46-38-30-28-22-16-10-2)72-74-84(100-82(72)77)80-64(86(74,43-35-25-19-13-5)44-36-26-20-14-6)50-56(98-80)48-62-70(68(54-90)92-8)59-51-65(87)66(88)52-60(59)76(62)94/h31-32,39-40,47-52H,9-30,33-38,41-46H2,1-6H3/b61-47-,62-48-,69-67-,70-68+. The summed E-state index contributed by atoms with van der Waals surface area (Å²) < 4.78 is 17.9. The maximum Gasteiger partial charge on any atom is 0.270 e. The van der Waals surface area contributed by atoms with Crippen molar-refractivity contribution in [3.8, 4) is 43.1 Å². The van der Waals surface area contributed by atoms with Gasteiger partial charge in [0.15, 0.2) is 11.6 Å². The largest absolute Gasteiger partial charge is 0.491 e. The second-order valence-electron chi connectivity index (χ2n) is 28.1. The van der Waals surface area contributed by atoms with Gasteiger partial charge in [-0.05, 0) is 108 Å². The molecule has 0 radical (unpaired) electrons. The molecule has 0 unspecified atom stereocenters. The number of halogens is 2. The van der Waals surface area contributed by atoms with E-state index in [2.05, 4.69) is 75.5 Å². The lowest BCUT2D eigenvalue weighted by atomic mass is 9.69. The molecule has 0 aliphatic heterocycles. The van der Waals surface area contributed by atoms with E-state index < -0.39 is 10.8 Å². The van der Waals surface area contributed by atoms with E-state index in [0.717, 1.165) is 185 Å². The van der Waals surface area contributed by atoms with Crippen molar-refractivity contribution in [3.05, 3.63) is 158 Å². The van der Waals surface area contributed by atoms with Crippen LogP contribution in [0.1, 0.15) is 311 Å². The van der Waals surface area contributed by atoms with Crippen molar-refractivity contribution >= 4 is 124 Å². The van der Waals surface area contributed by atoms with Gasteiger partial charge in [-0.25, -0.2) is 20.2 Å². The molecule has 0 atom stereocenters. The average molecular weight is 1450 g/mol. The van der Waals surface area contributed by atoms with Gasteiger partial charge in [-0.15, -0.1) is 45.3 Å². The lowest BCUT2D eigenvalue weighted by molar-refractivity contribution is 0.103. The molecular formula is C86H96Cl2N4O4S4. The van der Waals surface area contributed by atoms with Crippen LogP contribution >= 0.6 is 68.5 Å². The van der Waals surface area contributed by atoms with E-state index in [1.807, 2.05) is 59.1 Å². The van der Waals surface area contributed by atoms with Crippen LogP contribution in [0.5, 0.6) is 11.5 Å². The van der Waals surface area contributed by atoms with E-state index in [4.69, 9.17) is 45.8 Å². The first-order chi connectivity index (χ1) is 48.9. The Morgan fingerprint density at radius 1 is 0.460 bits per heavy atom. The van der Waals surface area contributed by atoms with Crippen LogP contribution in [-0.2, 0) is 10.8 Å².